The monoisotopic (exact) mass is 939 g/mol. The van der Waals surface area contributed by atoms with Crippen molar-refractivity contribution in [2.24, 2.45) is 0 Å². The number of unbranched alkanes of at least 4 members (excludes halogenated alkanes) is 30. The fourth-order valence-electron chi connectivity index (χ4n) is 8.86. The molecule has 3 unspecified atom stereocenters. The van der Waals surface area contributed by atoms with Crippen molar-refractivity contribution in [2.45, 2.75) is 334 Å². The minimum Gasteiger partial charge on any atom is -0.462 e. The fraction of sp³-hybridized carbons (Fsp3) is 0.947. The number of hydrogen-bond donors (Lipinski definition) is 3. The minimum atomic E-state index is -0.844. The lowest BCUT2D eigenvalue weighted by molar-refractivity contribution is -0.167. The molecule has 0 aromatic carbocycles. The number of ether oxygens (including phenoxy) is 3. The lowest BCUT2D eigenvalue weighted by Crippen LogP contribution is -2.30. The average Bonchev–Trinajstić information content (AvgIpc) is 3.30. The van der Waals surface area contributed by atoms with Crippen molar-refractivity contribution < 1.29 is 43.9 Å². The van der Waals surface area contributed by atoms with Gasteiger partial charge in [0.2, 0.25) is 0 Å². The van der Waals surface area contributed by atoms with Gasteiger partial charge in [-0.25, -0.2) is 0 Å². The van der Waals surface area contributed by atoms with Crippen LogP contribution in [0, 0.1) is 0 Å². The molecule has 9 heteroatoms. The second kappa shape index (κ2) is 51.1. The van der Waals surface area contributed by atoms with Crippen LogP contribution >= 0.6 is 0 Å². The van der Waals surface area contributed by atoms with Gasteiger partial charge in [0.1, 0.15) is 13.2 Å². The van der Waals surface area contributed by atoms with Gasteiger partial charge in [-0.3, -0.25) is 14.4 Å². The van der Waals surface area contributed by atoms with Crippen LogP contribution in [-0.4, -0.2) is 70.9 Å². The van der Waals surface area contributed by atoms with Crippen LogP contribution < -0.4 is 0 Å². The van der Waals surface area contributed by atoms with E-state index in [-0.39, 0.29) is 68.7 Å². The van der Waals surface area contributed by atoms with Crippen molar-refractivity contribution >= 4 is 17.9 Å². The summed E-state index contributed by atoms with van der Waals surface area (Å²) in [5.74, 6) is -1.06. The number of hydrogen-bond acceptors (Lipinski definition) is 9. The third-order valence-corrected chi connectivity index (χ3v) is 13.3. The molecule has 0 fully saturated rings. The van der Waals surface area contributed by atoms with Crippen molar-refractivity contribution in [1.82, 2.24) is 0 Å². The Bertz CT molecular complexity index is 983. The molecule has 0 spiro atoms. The Hall–Kier alpha value is -1.71. The quantitative estimate of drug-likeness (QED) is 0.0309. The predicted octanol–water partition coefficient (Wildman–Crippen LogP) is 15.7. The third kappa shape index (κ3) is 48.7. The van der Waals surface area contributed by atoms with E-state index in [2.05, 4.69) is 20.8 Å². The fourth-order valence-corrected chi connectivity index (χ4v) is 8.86. The predicted molar refractivity (Wildman–Crippen MR) is 275 cm³/mol. The lowest BCUT2D eigenvalue weighted by atomic mass is 10.0. The van der Waals surface area contributed by atoms with Crippen LogP contribution in [-0.2, 0) is 28.6 Å². The standard InChI is InChI=1S/C57H110O9/c1-4-7-10-13-16-22-31-40-51(58)43-34-25-19-28-37-46-55(61)64-49-54(66-57(63)48-39-30-21-27-36-45-53(60)42-33-24-18-15-12-9-6-3)50-65-56(62)47-38-29-20-26-35-44-52(59)41-32-23-17-14-11-8-5-2/h51-54,58-60H,4-50H2,1-3H3. The van der Waals surface area contributed by atoms with Gasteiger partial charge in [-0.1, -0.05) is 233 Å². The zero-order valence-electron chi connectivity index (χ0n) is 43.8. The van der Waals surface area contributed by atoms with Crippen LogP contribution in [0.1, 0.15) is 310 Å². The van der Waals surface area contributed by atoms with Crippen LogP contribution in [0.3, 0.4) is 0 Å². The van der Waals surface area contributed by atoms with E-state index in [9.17, 15) is 29.7 Å². The van der Waals surface area contributed by atoms with E-state index in [1.807, 2.05) is 0 Å². The highest BCUT2D eigenvalue weighted by molar-refractivity contribution is 5.71. The summed E-state index contributed by atoms with van der Waals surface area (Å²) in [6, 6.07) is 0. The Morgan fingerprint density at radius 2 is 0.515 bits per heavy atom. The minimum absolute atomic E-state index is 0.138. The van der Waals surface area contributed by atoms with Gasteiger partial charge in [0.15, 0.2) is 6.10 Å². The van der Waals surface area contributed by atoms with Gasteiger partial charge in [-0.05, 0) is 57.8 Å². The molecule has 66 heavy (non-hydrogen) atoms. The summed E-state index contributed by atoms with van der Waals surface area (Å²) in [6.07, 6.45) is 45.0. The summed E-state index contributed by atoms with van der Waals surface area (Å²) in [5, 5.41) is 31.0. The highest BCUT2D eigenvalue weighted by atomic mass is 16.6. The summed E-state index contributed by atoms with van der Waals surface area (Å²) in [6.45, 7) is 6.43. The highest BCUT2D eigenvalue weighted by Crippen LogP contribution is 2.18. The molecule has 0 aliphatic rings. The molecule has 0 saturated carbocycles. The Balaban J connectivity index is 4.47. The maximum atomic E-state index is 12.9. The Morgan fingerprint density at radius 3 is 0.773 bits per heavy atom. The second-order valence-electron chi connectivity index (χ2n) is 20.1. The van der Waals surface area contributed by atoms with Gasteiger partial charge >= 0.3 is 17.9 Å². The van der Waals surface area contributed by atoms with E-state index < -0.39 is 6.10 Å². The van der Waals surface area contributed by atoms with Crippen molar-refractivity contribution in [3.8, 4) is 0 Å². The molecular formula is C57H110O9. The van der Waals surface area contributed by atoms with E-state index in [1.54, 1.807) is 0 Å². The topological polar surface area (TPSA) is 140 Å². The summed E-state index contributed by atoms with van der Waals surface area (Å²) < 4.78 is 16.8. The normalized spacial score (nSPS) is 13.4. The van der Waals surface area contributed by atoms with Gasteiger partial charge in [0.05, 0.1) is 18.3 Å². The van der Waals surface area contributed by atoms with Crippen LogP contribution in [0.4, 0.5) is 0 Å². The largest absolute Gasteiger partial charge is 0.462 e. The van der Waals surface area contributed by atoms with Crippen LogP contribution in [0.2, 0.25) is 0 Å². The molecule has 0 aliphatic heterocycles. The van der Waals surface area contributed by atoms with Gasteiger partial charge in [-0.15, -0.1) is 0 Å². The molecule has 0 aromatic rings. The first-order valence-electron chi connectivity index (χ1n) is 28.8. The lowest BCUT2D eigenvalue weighted by Gasteiger charge is -2.18. The molecule has 0 amide bonds. The SMILES string of the molecule is CCCCCCCCCC(O)CCCCCCCC(=O)OCC(COC(=O)CCCCCCCC(O)CCCCCCCCC)OC(=O)CCCCCCCC(O)CCCCCCCCC. The van der Waals surface area contributed by atoms with E-state index in [0.29, 0.717) is 6.42 Å². The van der Waals surface area contributed by atoms with Crippen molar-refractivity contribution in [3.05, 3.63) is 0 Å². The van der Waals surface area contributed by atoms with Gasteiger partial charge in [0.25, 0.3) is 0 Å². The first-order valence-corrected chi connectivity index (χ1v) is 28.8. The van der Waals surface area contributed by atoms with E-state index in [0.717, 1.165) is 148 Å². The molecule has 9 nitrogen and oxygen atoms in total. The maximum absolute atomic E-state index is 12.9. The van der Waals surface area contributed by atoms with Gasteiger partial charge in [-0.2, -0.15) is 0 Å². The Kier molecular flexibility index (Phi) is 49.8. The van der Waals surface area contributed by atoms with Crippen LogP contribution in [0.15, 0.2) is 0 Å². The van der Waals surface area contributed by atoms with Gasteiger partial charge in [0, 0.05) is 19.3 Å². The molecule has 0 saturated heterocycles. The van der Waals surface area contributed by atoms with E-state index in [1.165, 1.54) is 116 Å². The molecule has 3 atom stereocenters. The number of carbonyl (C=O) groups excluding carboxylic acids is 3. The number of rotatable bonds is 53. The molecular weight excluding hydrogens is 829 g/mol. The molecule has 0 radical (unpaired) electrons. The number of esters is 3. The third-order valence-electron chi connectivity index (χ3n) is 13.3. The summed E-state index contributed by atoms with van der Waals surface area (Å²) >= 11 is 0. The van der Waals surface area contributed by atoms with Crippen LogP contribution in [0.5, 0.6) is 0 Å². The first-order chi connectivity index (χ1) is 32.2. The molecule has 3 N–H and O–H groups in total. The van der Waals surface area contributed by atoms with Crippen LogP contribution in [0.25, 0.3) is 0 Å². The van der Waals surface area contributed by atoms with Crippen molar-refractivity contribution in [3.63, 3.8) is 0 Å². The molecule has 0 rings (SSSR count). The molecule has 0 bridgehead atoms. The first kappa shape index (κ1) is 64.3. The van der Waals surface area contributed by atoms with E-state index >= 15 is 0 Å². The summed E-state index contributed by atoms with van der Waals surface area (Å²) in [4.78, 5) is 38.2. The van der Waals surface area contributed by atoms with E-state index in [4.69, 9.17) is 14.2 Å². The van der Waals surface area contributed by atoms with Crippen molar-refractivity contribution in [2.75, 3.05) is 13.2 Å². The van der Waals surface area contributed by atoms with Gasteiger partial charge < -0.3 is 29.5 Å². The molecule has 0 aliphatic carbocycles. The second-order valence-corrected chi connectivity index (χ2v) is 20.1. The average molecular weight is 939 g/mol. The number of carbonyl (C=O) groups is 3. The summed E-state index contributed by atoms with van der Waals surface area (Å²) in [5.41, 5.74) is 0. The highest BCUT2D eigenvalue weighted by Gasteiger charge is 2.20. The molecule has 0 heterocycles. The molecule has 392 valence electrons. The summed E-state index contributed by atoms with van der Waals surface area (Å²) in [7, 11) is 0. The number of aliphatic hydroxyl groups excluding tert-OH is 3. The zero-order valence-corrected chi connectivity index (χ0v) is 43.8. The zero-order chi connectivity index (χ0) is 48.4. The number of aliphatic hydroxyl groups is 3. The Morgan fingerprint density at radius 1 is 0.303 bits per heavy atom. The molecule has 0 aromatic heterocycles. The Labute approximate surface area is 407 Å². The van der Waals surface area contributed by atoms with Crippen molar-refractivity contribution in [1.29, 1.82) is 0 Å². The maximum Gasteiger partial charge on any atom is 0.306 e. The smallest absolute Gasteiger partial charge is 0.306 e.